The molecule has 0 radical (unpaired) electrons. The van der Waals surface area contributed by atoms with Crippen molar-refractivity contribution in [3.05, 3.63) is 215 Å². The molecule has 692 valence electrons. The van der Waals surface area contributed by atoms with E-state index in [0.717, 1.165) is 0 Å². The number of hydrogen-bond acceptors (Lipinski definition) is 40. The summed E-state index contributed by atoms with van der Waals surface area (Å²) in [5.41, 5.74) is 0.0546. The molecular formula is C86H108O40. The fraction of sp³-hybridized carbons (Fsp3) is 0.581. The fourth-order valence-corrected chi connectivity index (χ4v) is 17.8. The van der Waals surface area contributed by atoms with Gasteiger partial charge in [0, 0.05) is 0 Å². The predicted molar refractivity (Wildman–Crippen MR) is 417 cm³/mol. The highest BCUT2D eigenvalue weighted by atomic mass is 16.8. The molecule has 6 aromatic carbocycles. The monoisotopic (exact) mass is 1780 g/mol. The first-order chi connectivity index (χ1) is 60.8. The zero-order valence-corrected chi connectivity index (χ0v) is 67.3. The van der Waals surface area contributed by atoms with Gasteiger partial charge in [0.1, 0.15) is 207 Å². The van der Waals surface area contributed by atoms with Crippen LogP contribution in [0.1, 0.15) is 33.4 Å². The molecule has 40 atom stereocenters. The van der Waals surface area contributed by atoms with E-state index in [0.29, 0.717) is 33.4 Å². The highest BCUT2D eigenvalue weighted by Gasteiger charge is 2.62. The van der Waals surface area contributed by atoms with Gasteiger partial charge < -0.3 is 198 Å². The molecule has 30 saturated heterocycles. The molecule has 30 heterocycles. The van der Waals surface area contributed by atoms with Crippen LogP contribution in [-0.2, 0) is 96.5 Å². The molecule has 30 aliphatic heterocycles. The molecule has 0 aliphatic carbocycles. The van der Waals surface area contributed by atoms with E-state index in [1.54, 1.807) is 182 Å². The second kappa shape index (κ2) is 41.2. The van der Waals surface area contributed by atoms with Crippen LogP contribution in [0.5, 0.6) is 0 Å². The molecule has 40 nitrogen and oxygen atoms in total. The summed E-state index contributed by atoms with van der Waals surface area (Å²) in [6, 6.07) is 52.9. The van der Waals surface area contributed by atoms with Gasteiger partial charge in [-0.1, -0.05) is 182 Å². The molecule has 0 spiro atoms. The molecule has 0 unspecified atom stereocenters. The molecule has 30 aliphatic rings. The van der Waals surface area contributed by atoms with E-state index in [1.807, 2.05) is 0 Å². The topological polar surface area (TPSA) is 611 Å². The Morgan fingerprint density at radius 3 is 0.437 bits per heavy atom. The van der Waals surface area contributed by atoms with Crippen molar-refractivity contribution in [2.24, 2.45) is 0 Å². The van der Waals surface area contributed by atoms with Gasteiger partial charge in [-0.2, -0.15) is 0 Å². The Morgan fingerprint density at radius 1 is 0.175 bits per heavy atom. The summed E-state index contributed by atoms with van der Waals surface area (Å²) in [6.07, 6.45) is -84.1. The molecule has 6 aromatic rings. The molecule has 0 aromatic heterocycles. The first-order valence-corrected chi connectivity index (χ1v) is 41.5. The van der Waals surface area contributed by atoms with Crippen LogP contribution in [0.25, 0.3) is 0 Å². The third-order valence-corrected chi connectivity index (χ3v) is 24.5. The minimum atomic E-state index is -2.31. The van der Waals surface area contributed by atoms with E-state index in [4.69, 9.17) is 85.3 Å². The van der Waals surface area contributed by atoms with Gasteiger partial charge in [0.25, 0.3) is 0 Å². The van der Waals surface area contributed by atoms with Crippen LogP contribution in [0.4, 0.5) is 0 Å². The van der Waals surface area contributed by atoms with Crippen LogP contribution >= 0.6 is 0 Å². The van der Waals surface area contributed by atoms with Crippen molar-refractivity contribution in [2.75, 3.05) is 52.9 Å². The summed E-state index contributed by atoms with van der Waals surface area (Å²) >= 11 is 0. The first kappa shape index (κ1) is 94.4. The van der Waals surface area contributed by atoms with E-state index in [2.05, 4.69) is 0 Å². The fourth-order valence-electron chi connectivity index (χ4n) is 17.8. The highest BCUT2D eigenvalue weighted by Crippen LogP contribution is 2.47. The molecule has 22 N–H and O–H groups in total. The Kier molecular flexibility index (Phi) is 30.9. The molecule has 30 fully saturated rings. The Balaban J connectivity index is 0.750. The quantitative estimate of drug-likeness (QED) is 0.0356. The van der Waals surface area contributed by atoms with Crippen molar-refractivity contribution in [2.45, 2.75) is 257 Å². The Morgan fingerprint density at radius 2 is 0.302 bits per heavy atom. The van der Waals surface area contributed by atoms with Crippen LogP contribution in [0.15, 0.2) is 182 Å². The molecule has 36 rings (SSSR count). The van der Waals surface area contributed by atoms with Gasteiger partial charge in [-0.3, -0.25) is 0 Å². The minimum absolute atomic E-state index is 0.539. The van der Waals surface area contributed by atoms with Crippen molar-refractivity contribution < 1.29 is 198 Å². The summed E-state index contributed by atoms with van der Waals surface area (Å²) in [6.45, 7) is -8.02. The molecular weight excluding hydrogens is 1670 g/mol. The average Bonchev–Trinajstić information content (AvgIpc) is 0.751. The van der Waals surface area contributed by atoms with Crippen molar-refractivity contribution >= 4 is 0 Å². The van der Waals surface area contributed by atoms with Gasteiger partial charge in [0.05, 0.1) is 52.9 Å². The standard InChI is InChI=1S/C86H108O40/c87-31-45-69-54(94)62(102)78(112-45)122-72-48(34-90)116-82(66(106)58(72)98)126-76-52(38-110-86(42-25-13-4-14-26-42,43-27-15-5-16-28-43)44-29-17-6-18-30-44)118-84(68(108)60(76)100)124-74-50(36-92)114-80(64(104)56(74)96)120-70-46(32-88)111-77(61(101)53(70)93)121-71-47(33-89)115-81(65(105)57(71)97)125-75-51(117-83(67(107)59(75)99)123-73-49(35-91)113-79(119-69)63(103)55(73)95)37-109-85(39-19-7-1-8-20-39,40-21-9-2-10-22-40)41-23-11-3-12-24-41/h1-30,45-84,87-108H,31-38H2/t45-,46-,47-,48-,49-,50-,51-,52-,53-,54-,55-,56-,57-,58-,59-,60-,61-,62-,63-,64-,65-,66-,67-,68-,69-,70-,71-,72-,73-,74-,75-,76-,77-,78-,79-,80-,81-,82-,83-,84-/m1/s1. The van der Waals surface area contributed by atoms with Gasteiger partial charge in [-0.15, -0.1) is 0 Å². The molecule has 40 heteroatoms. The zero-order chi connectivity index (χ0) is 89.2. The first-order valence-electron chi connectivity index (χ1n) is 41.5. The Bertz CT molecular complexity index is 3830. The van der Waals surface area contributed by atoms with Crippen molar-refractivity contribution in [3.8, 4) is 0 Å². The third kappa shape index (κ3) is 18.6. The van der Waals surface area contributed by atoms with E-state index in [-0.39, 0.29) is 0 Å². The lowest BCUT2D eigenvalue weighted by Gasteiger charge is -2.51. The third-order valence-electron chi connectivity index (χ3n) is 24.5. The predicted octanol–water partition coefficient (Wildman–Crippen LogP) is -7.37. The van der Waals surface area contributed by atoms with Crippen LogP contribution in [0.3, 0.4) is 0 Å². The van der Waals surface area contributed by atoms with Crippen LogP contribution in [0.2, 0.25) is 0 Å². The van der Waals surface area contributed by atoms with Crippen LogP contribution < -0.4 is 0 Å². The number of ether oxygens (including phenoxy) is 18. The highest BCUT2D eigenvalue weighted by molar-refractivity contribution is 5.49. The maximum atomic E-state index is 12.5. The number of aliphatic hydroxyl groups is 22. The lowest BCUT2D eigenvalue weighted by atomic mass is 9.80. The normalized spacial score (nSPS) is 42.3. The summed E-state index contributed by atoms with van der Waals surface area (Å²) in [4.78, 5) is 0. The largest absolute Gasteiger partial charge is 0.394 e. The van der Waals surface area contributed by atoms with Gasteiger partial charge in [0.2, 0.25) is 0 Å². The summed E-state index contributed by atoms with van der Waals surface area (Å²) < 4.78 is 112. The van der Waals surface area contributed by atoms with Gasteiger partial charge in [-0.25, -0.2) is 0 Å². The number of benzene rings is 6. The number of rotatable bonds is 18. The van der Waals surface area contributed by atoms with Gasteiger partial charge in [0.15, 0.2) is 50.3 Å². The maximum Gasteiger partial charge on any atom is 0.187 e. The summed E-state index contributed by atoms with van der Waals surface area (Å²) in [7, 11) is 0. The van der Waals surface area contributed by atoms with E-state index >= 15 is 0 Å². The maximum absolute atomic E-state index is 12.5. The van der Waals surface area contributed by atoms with Gasteiger partial charge in [-0.05, 0) is 33.4 Å². The smallest absolute Gasteiger partial charge is 0.187 e. The SMILES string of the molecule is OC[C@H]1O[C@@H]2O[C@H]3[C@H](O)[C@@H](O)[C@@H](O[C@H]4[C@H](O)[C@@H](O)[C@@H](O[C@H]5[C@H](O)[C@@H](O)[C@@H](O[C@H]6[C@H](O)[C@@H](O)[C@@H](O[C@H]7[C@H](O)[C@@H](O)[C@@H](O[C@H]8[C@H](O)[C@@H](O)[C@@H](O[C@H]9[C@H](O)[C@@H](O)[C@@H](O[C@H]1[C@H](O)[C@H]2O)O[C@@H]9CO)O[C@@H]8COC(c1ccccc1)(c1ccccc1)c1ccccc1)O[C@@H]7CO)O[C@@H]6CO)O[C@@H]5CO)O[C@@H]4COC(c1ccccc1)(c1ccccc1)c1ccccc1)O[C@@H]3CO. The van der Waals surface area contributed by atoms with Crippen LogP contribution in [0, 0.1) is 0 Å². The van der Waals surface area contributed by atoms with E-state index in [9.17, 15) is 112 Å². The zero-order valence-electron chi connectivity index (χ0n) is 67.3. The molecule has 0 amide bonds. The lowest BCUT2D eigenvalue weighted by Crippen LogP contribution is -2.69. The minimum Gasteiger partial charge on any atom is -0.394 e. The van der Waals surface area contributed by atoms with E-state index < -0.39 is 310 Å². The molecule has 126 heavy (non-hydrogen) atoms. The second-order valence-corrected chi connectivity index (χ2v) is 32.3. The number of hydrogen-bond donors (Lipinski definition) is 22. The summed E-state index contributed by atoms with van der Waals surface area (Å²) in [5, 5.41) is 260. The Hall–Kier alpha value is -6.28. The number of aliphatic hydroxyl groups excluding tert-OH is 22. The molecule has 16 bridgehead atoms. The second-order valence-electron chi connectivity index (χ2n) is 32.3. The lowest BCUT2D eigenvalue weighted by molar-refractivity contribution is -0.404. The van der Waals surface area contributed by atoms with Crippen molar-refractivity contribution in [3.63, 3.8) is 0 Å². The van der Waals surface area contributed by atoms with E-state index in [1.165, 1.54) is 0 Å². The summed E-state index contributed by atoms with van der Waals surface area (Å²) in [5.74, 6) is 0. The molecule has 0 saturated carbocycles. The van der Waals surface area contributed by atoms with Crippen molar-refractivity contribution in [1.29, 1.82) is 0 Å². The average molecular weight is 1780 g/mol. The van der Waals surface area contributed by atoms with Gasteiger partial charge >= 0.3 is 0 Å². The van der Waals surface area contributed by atoms with Crippen molar-refractivity contribution in [1.82, 2.24) is 0 Å². The van der Waals surface area contributed by atoms with Crippen LogP contribution in [-0.4, -0.2) is 411 Å². The Labute approximate surface area is 719 Å².